The molecule has 15 heavy (non-hydrogen) atoms. The third-order valence-corrected chi connectivity index (χ3v) is 2.35. The fraction of sp³-hybridized carbons (Fsp3) is 0.286. The zero-order chi connectivity index (χ0) is 11.6. The largest absolute Gasteiger partial charge is 0.492 e. The zero-order valence-corrected chi connectivity index (χ0v) is 9.57. The third kappa shape index (κ3) is 2.49. The van der Waals surface area contributed by atoms with Crippen molar-refractivity contribution >= 4 is 28.4 Å². The van der Waals surface area contributed by atoms with Gasteiger partial charge in [0.1, 0.15) is 5.56 Å². The third-order valence-electron chi connectivity index (χ3n) is 1.58. The van der Waals surface area contributed by atoms with Crippen LogP contribution in [0.15, 0.2) is 6.07 Å². The molecule has 0 spiro atoms. The van der Waals surface area contributed by atoms with Gasteiger partial charge in [-0.25, -0.2) is 8.78 Å². The Morgan fingerprint density at radius 3 is 2.67 bits per heavy atom. The molecule has 82 valence electrons. The average Bonchev–Trinajstić information content (AvgIpc) is 2.16. The summed E-state index contributed by atoms with van der Waals surface area (Å²) in [6.45, 7) is 0. The van der Waals surface area contributed by atoms with E-state index in [0.29, 0.717) is 0 Å². The number of aromatic nitrogens is 1. The van der Waals surface area contributed by atoms with Crippen molar-refractivity contribution < 1.29 is 18.4 Å². The minimum Gasteiger partial charge on any atom is -0.492 e. The van der Waals surface area contributed by atoms with E-state index in [0.717, 1.165) is 6.07 Å². The van der Waals surface area contributed by atoms with E-state index in [2.05, 4.69) is 4.98 Å². The Morgan fingerprint density at radius 1 is 1.67 bits per heavy atom. The quantitative estimate of drug-likeness (QED) is 0.370. The standard InChI is InChI=1S/C7H5F2IN2O3/c1-15-4-2-3(5(8)9)7(12(13)14)11-6(4)10/h2,5H,1H3. The minimum absolute atomic E-state index is 0.0940. The van der Waals surface area contributed by atoms with E-state index in [9.17, 15) is 18.9 Å². The molecule has 8 heteroatoms. The van der Waals surface area contributed by atoms with Crippen molar-refractivity contribution in [2.75, 3.05) is 7.11 Å². The molecule has 0 aliphatic carbocycles. The highest BCUT2D eigenvalue weighted by molar-refractivity contribution is 14.1. The lowest BCUT2D eigenvalue weighted by Crippen LogP contribution is -2.02. The number of rotatable bonds is 3. The molecule has 5 nitrogen and oxygen atoms in total. The maximum absolute atomic E-state index is 12.4. The summed E-state index contributed by atoms with van der Waals surface area (Å²) in [6, 6.07) is 0.928. The second-order valence-corrected chi connectivity index (χ2v) is 3.47. The van der Waals surface area contributed by atoms with Crippen molar-refractivity contribution in [2.45, 2.75) is 6.43 Å². The lowest BCUT2D eigenvalue weighted by molar-refractivity contribution is -0.391. The first-order valence-electron chi connectivity index (χ1n) is 3.64. The highest BCUT2D eigenvalue weighted by Gasteiger charge is 2.26. The molecular weight excluding hydrogens is 325 g/mol. The summed E-state index contributed by atoms with van der Waals surface area (Å²) in [5.74, 6) is -0.744. The number of ether oxygens (including phenoxy) is 1. The first-order valence-corrected chi connectivity index (χ1v) is 4.72. The van der Waals surface area contributed by atoms with Crippen molar-refractivity contribution in [3.05, 3.63) is 25.4 Å². The van der Waals surface area contributed by atoms with E-state index in [-0.39, 0.29) is 9.45 Å². The lowest BCUT2D eigenvalue weighted by Gasteiger charge is -2.04. The first kappa shape index (κ1) is 12.0. The van der Waals surface area contributed by atoms with Crippen molar-refractivity contribution in [1.29, 1.82) is 0 Å². The number of methoxy groups -OCH3 is 1. The second-order valence-electron chi connectivity index (χ2n) is 2.45. The summed E-state index contributed by atoms with van der Waals surface area (Å²) in [4.78, 5) is 12.9. The monoisotopic (exact) mass is 330 g/mol. The molecule has 0 fully saturated rings. The van der Waals surface area contributed by atoms with Crippen LogP contribution in [0, 0.1) is 13.8 Å². The topological polar surface area (TPSA) is 65.3 Å². The molecule has 1 heterocycles. The maximum atomic E-state index is 12.4. The predicted molar refractivity (Wildman–Crippen MR) is 55.1 cm³/mol. The second kappa shape index (κ2) is 4.64. The van der Waals surface area contributed by atoms with Crippen LogP contribution in [-0.4, -0.2) is 17.0 Å². The molecule has 1 rings (SSSR count). The van der Waals surface area contributed by atoms with Crippen LogP contribution in [0.3, 0.4) is 0 Å². The van der Waals surface area contributed by atoms with Gasteiger partial charge in [0.25, 0.3) is 10.1 Å². The predicted octanol–water partition coefficient (Wildman–Crippen LogP) is 2.54. The highest BCUT2D eigenvalue weighted by atomic mass is 127. The fourth-order valence-corrected chi connectivity index (χ4v) is 1.53. The number of hydrogen-bond acceptors (Lipinski definition) is 4. The van der Waals surface area contributed by atoms with Crippen LogP contribution < -0.4 is 4.74 Å². The lowest BCUT2D eigenvalue weighted by atomic mass is 10.2. The van der Waals surface area contributed by atoms with Crippen LogP contribution in [0.2, 0.25) is 0 Å². The number of halogens is 3. The van der Waals surface area contributed by atoms with Gasteiger partial charge < -0.3 is 14.9 Å². The molecule has 0 saturated carbocycles. The molecule has 1 aromatic rings. The van der Waals surface area contributed by atoms with Crippen molar-refractivity contribution in [3.63, 3.8) is 0 Å². The Bertz CT molecular complexity index is 400. The van der Waals surface area contributed by atoms with E-state index in [1.54, 1.807) is 22.6 Å². The van der Waals surface area contributed by atoms with Crippen LogP contribution in [-0.2, 0) is 0 Å². The minimum atomic E-state index is -2.95. The van der Waals surface area contributed by atoms with E-state index in [1.165, 1.54) is 7.11 Å². The van der Waals surface area contributed by atoms with Gasteiger partial charge in [0.2, 0.25) is 0 Å². The normalized spacial score (nSPS) is 10.5. The summed E-state index contributed by atoms with van der Waals surface area (Å²) in [5, 5.41) is 10.4. The van der Waals surface area contributed by atoms with Gasteiger partial charge in [-0.15, -0.1) is 0 Å². The molecule has 0 unspecified atom stereocenters. The van der Waals surface area contributed by atoms with Gasteiger partial charge in [-0.3, -0.25) is 0 Å². The van der Waals surface area contributed by atoms with Gasteiger partial charge >= 0.3 is 5.82 Å². The van der Waals surface area contributed by atoms with Gasteiger partial charge in [0.15, 0.2) is 5.75 Å². The average molecular weight is 330 g/mol. The Balaban J connectivity index is 3.38. The van der Waals surface area contributed by atoms with E-state index < -0.39 is 22.7 Å². The molecule has 0 N–H and O–H groups in total. The van der Waals surface area contributed by atoms with Gasteiger partial charge in [-0.05, 0) is 9.91 Å². The molecule has 0 atom stereocenters. The van der Waals surface area contributed by atoms with Crippen molar-refractivity contribution in [2.24, 2.45) is 0 Å². The van der Waals surface area contributed by atoms with Crippen molar-refractivity contribution in [3.8, 4) is 5.75 Å². The molecule has 0 saturated heterocycles. The number of nitrogens with zero attached hydrogens (tertiary/aromatic N) is 2. The van der Waals surface area contributed by atoms with Gasteiger partial charge in [-0.2, -0.15) is 0 Å². The van der Waals surface area contributed by atoms with E-state index >= 15 is 0 Å². The van der Waals surface area contributed by atoms with Gasteiger partial charge in [-0.1, -0.05) is 0 Å². The van der Waals surface area contributed by atoms with Crippen LogP contribution in [0.5, 0.6) is 5.75 Å². The summed E-state index contributed by atoms with van der Waals surface area (Å²) in [6.07, 6.45) is -2.95. The number of pyridine rings is 1. The number of hydrogen-bond donors (Lipinski definition) is 0. The van der Waals surface area contributed by atoms with E-state index in [4.69, 9.17) is 4.74 Å². The van der Waals surface area contributed by atoms with Gasteiger partial charge in [0, 0.05) is 28.7 Å². The summed E-state index contributed by atoms with van der Waals surface area (Å²) < 4.78 is 29.8. The molecule has 1 aromatic heterocycles. The fourth-order valence-electron chi connectivity index (χ4n) is 0.928. The molecule has 0 aliphatic heterocycles. The van der Waals surface area contributed by atoms with Crippen LogP contribution in [0.25, 0.3) is 0 Å². The maximum Gasteiger partial charge on any atom is 0.373 e. The Morgan fingerprint density at radius 2 is 2.27 bits per heavy atom. The summed E-state index contributed by atoms with van der Waals surface area (Å²) in [5.41, 5.74) is -0.739. The molecule has 0 bridgehead atoms. The van der Waals surface area contributed by atoms with Crippen LogP contribution in [0.4, 0.5) is 14.6 Å². The zero-order valence-electron chi connectivity index (χ0n) is 7.41. The molecule has 0 aromatic carbocycles. The number of alkyl halides is 2. The summed E-state index contributed by atoms with van der Waals surface area (Å²) in [7, 11) is 1.28. The smallest absolute Gasteiger partial charge is 0.373 e. The first-order chi connectivity index (χ1) is 6.97. The molecule has 0 aliphatic rings. The Labute approximate surface area is 96.7 Å². The SMILES string of the molecule is COc1cc(C(F)F)c([N+](=O)[O-])nc1I. The van der Waals surface area contributed by atoms with Crippen LogP contribution in [0.1, 0.15) is 12.0 Å². The van der Waals surface area contributed by atoms with Crippen LogP contribution >= 0.6 is 22.6 Å². The van der Waals surface area contributed by atoms with E-state index in [1.807, 2.05) is 0 Å². The van der Waals surface area contributed by atoms with Crippen molar-refractivity contribution in [1.82, 2.24) is 4.98 Å². The Kier molecular flexibility index (Phi) is 3.72. The number of nitro groups is 1. The molecule has 0 radical (unpaired) electrons. The summed E-state index contributed by atoms with van der Waals surface area (Å²) >= 11 is 1.67. The highest BCUT2D eigenvalue weighted by Crippen LogP contribution is 2.32. The molecular formula is C7H5F2IN2O3. The molecule has 0 amide bonds. The van der Waals surface area contributed by atoms with Gasteiger partial charge in [0.05, 0.1) is 7.11 Å². The Hall–Kier alpha value is -1.06.